The van der Waals surface area contributed by atoms with Gasteiger partial charge in [0, 0.05) is 5.56 Å². The Morgan fingerprint density at radius 1 is 0.850 bits per heavy atom. The molecule has 1 fully saturated rings. The van der Waals surface area contributed by atoms with Crippen LogP contribution in [-0.4, -0.2) is 5.97 Å². The van der Waals surface area contributed by atoms with Crippen molar-refractivity contribution < 1.29 is 14.3 Å². The second-order valence-electron chi connectivity index (χ2n) is 4.60. The van der Waals surface area contributed by atoms with Crippen LogP contribution >= 0.6 is 0 Å². The largest absolute Gasteiger partial charge is 0.428 e. The van der Waals surface area contributed by atoms with Gasteiger partial charge in [-0.15, -0.1) is 0 Å². The molecule has 0 radical (unpaired) electrons. The maximum absolute atomic E-state index is 12.0. The SMILES string of the molecule is C=C1C(=O)OC(c2ccccc2)OC1c1ccccc1. The average molecular weight is 266 g/mol. The van der Waals surface area contributed by atoms with Crippen molar-refractivity contribution >= 4 is 5.97 Å². The molecule has 0 amide bonds. The van der Waals surface area contributed by atoms with E-state index >= 15 is 0 Å². The number of hydrogen-bond donors (Lipinski definition) is 0. The zero-order valence-electron chi connectivity index (χ0n) is 10.9. The molecule has 0 aromatic heterocycles. The molecule has 20 heavy (non-hydrogen) atoms. The summed E-state index contributed by atoms with van der Waals surface area (Å²) in [7, 11) is 0. The van der Waals surface area contributed by atoms with Gasteiger partial charge in [-0.1, -0.05) is 67.2 Å². The molecule has 2 unspecified atom stereocenters. The lowest BCUT2D eigenvalue weighted by atomic mass is 10.0. The van der Waals surface area contributed by atoms with Gasteiger partial charge in [0.15, 0.2) is 0 Å². The van der Waals surface area contributed by atoms with Gasteiger partial charge in [-0.05, 0) is 5.56 Å². The lowest BCUT2D eigenvalue weighted by Crippen LogP contribution is -2.27. The zero-order valence-corrected chi connectivity index (χ0v) is 10.9. The number of cyclic esters (lactones) is 1. The predicted molar refractivity (Wildman–Crippen MR) is 74.7 cm³/mol. The van der Waals surface area contributed by atoms with E-state index in [1.54, 1.807) is 0 Å². The number of hydrogen-bond acceptors (Lipinski definition) is 3. The third-order valence-electron chi connectivity index (χ3n) is 3.23. The van der Waals surface area contributed by atoms with Gasteiger partial charge in [0.2, 0.25) is 6.29 Å². The number of carbonyl (C=O) groups is 1. The van der Waals surface area contributed by atoms with Crippen LogP contribution in [0.4, 0.5) is 0 Å². The summed E-state index contributed by atoms with van der Waals surface area (Å²) in [6.07, 6.45) is -1.16. The number of ether oxygens (including phenoxy) is 2. The first kappa shape index (κ1) is 12.6. The minimum absolute atomic E-state index is 0.323. The van der Waals surface area contributed by atoms with E-state index in [0.717, 1.165) is 11.1 Å². The summed E-state index contributed by atoms with van der Waals surface area (Å²) in [6, 6.07) is 19.0. The van der Waals surface area contributed by atoms with E-state index in [0.29, 0.717) is 5.57 Å². The van der Waals surface area contributed by atoms with Gasteiger partial charge in [-0.2, -0.15) is 0 Å². The number of esters is 1. The number of carbonyl (C=O) groups excluding carboxylic acids is 1. The van der Waals surface area contributed by atoms with Crippen LogP contribution in [0.2, 0.25) is 0 Å². The molecule has 0 bridgehead atoms. The van der Waals surface area contributed by atoms with E-state index in [4.69, 9.17) is 9.47 Å². The van der Waals surface area contributed by atoms with Crippen molar-refractivity contribution in [2.45, 2.75) is 12.4 Å². The minimum atomic E-state index is -0.695. The molecule has 0 N–H and O–H groups in total. The summed E-state index contributed by atoms with van der Waals surface area (Å²) in [5, 5.41) is 0. The lowest BCUT2D eigenvalue weighted by molar-refractivity contribution is -0.204. The van der Waals surface area contributed by atoms with E-state index in [1.807, 2.05) is 60.7 Å². The maximum Gasteiger partial charge on any atom is 0.338 e. The molecule has 2 aromatic rings. The van der Waals surface area contributed by atoms with E-state index in [9.17, 15) is 4.79 Å². The molecular weight excluding hydrogens is 252 g/mol. The first-order chi connectivity index (χ1) is 9.75. The topological polar surface area (TPSA) is 35.5 Å². The van der Waals surface area contributed by atoms with Gasteiger partial charge < -0.3 is 9.47 Å². The number of rotatable bonds is 2. The van der Waals surface area contributed by atoms with Gasteiger partial charge in [0.05, 0.1) is 5.57 Å². The van der Waals surface area contributed by atoms with Crippen molar-refractivity contribution in [2.24, 2.45) is 0 Å². The Morgan fingerprint density at radius 2 is 1.40 bits per heavy atom. The molecule has 1 aliphatic rings. The molecule has 0 spiro atoms. The molecule has 0 saturated carbocycles. The van der Waals surface area contributed by atoms with E-state index in [2.05, 4.69) is 6.58 Å². The van der Waals surface area contributed by atoms with Gasteiger partial charge in [-0.25, -0.2) is 4.79 Å². The molecule has 3 rings (SSSR count). The van der Waals surface area contributed by atoms with Crippen LogP contribution in [0.5, 0.6) is 0 Å². The Morgan fingerprint density at radius 3 is 2.00 bits per heavy atom. The highest BCUT2D eigenvalue weighted by Crippen LogP contribution is 2.37. The van der Waals surface area contributed by atoms with Crippen molar-refractivity contribution in [1.29, 1.82) is 0 Å². The highest BCUT2D eigenvalue weighted by Gasteiger charge is 2.34. The first-order valence-corrected chi connectivity index (χ1v) is 6.41. The van der Waals surface area contributed by atoms with Crippen molar-refractivity contribution in [3.8, 4) is 0 Å². The third-order valence-corrected chi connectivity index (χ3v) is 3.23. The van der Waals surface area contributed by atoms with Gasteiger partial charge in [0.25, 0.3) is 0 Å². The van der Waals surface area contributed by atoms with Crippen LogP contribution in [0.3, 0.4) is 0 Å². The highest BCUT2D eigenvalue weighted by molar-refractivity contribution is 5.89. The van der Waals surface area contributed by atoms with Gasteiger partial charge >= 0.3 is 5.97 Å². The fourth-order valence-corrected chi connectivity index (χ4v) is 2.18. The standard InChI is InChI=1S/C17H14O3/c1-12-15(13-8-4-2-5-9-13)19-17(20-16(12)18)14-10-6-3-7-11-14/h2-11,15,17H,1H2. The second-order valence-corrected chi connectivity index (χ2v) is 4.60. The number of benzene rings is 2. The zero-order chi connectivity index (χ0) is 13.9. The lowest BCUT2D eigenvalue weighted by Gasteiger charge is -2.31. The van der Waals surface area contributed by atoms with Crippen LogP contribution in [-0.2, 0) is 14.3 Å². The Kier molecular flexibility index (Phi) is 3.35. The fourth-order valence-electron chi connectivity index (χ4n) is 2.18. The predicted octanol–water partition coefficient (Wildman–Crippen LogP) is 3.56. The van der Waals surface area contributed by atoms with E-state index in [1.165, 1.54) is 0 Å². The summed E-state index contributed by atoms with van der Waals surface area (Å²) in [6.45, 7) is 3.78. The third kappa shape index (κ3) is 2.36. The summed E-state index contributed by atoms with van der Waals surface area (Å²) < 4.78 is 11.2. The summed E-state index contributed by atoms with van der Waals surface area (Å²) in [5.74, 6) is -0.418. The van der Waals surface area contributed by atoms with Crippen LogP contribution in [0.15, 0.2) is 72.8 Å². The molecular formula is C17H14O3. The smallest absolute Gasteiger partial charge is 0.338 e. The summed E-state index contributed by atoms with van der Waals surface area (Å²) in [5.41, 5.74) is 2.03. The molecule has 100 valence electrons. The quantitative estimate of drug-likeness (QED) is 0.616. The minimum Gasteiger partial charge on any atom is -0.428 e. The van der Waals surface area contributed by atoms with Crippen molar-refractivity contribution in [1.82, 2.24) is 0 Å². The van der Waals surface area contributed by atoms with Gasteiger partial charge in [-0.3, -0.25) is 0 Å². The Bertz CT molecular complexity index is 619. The maximum atomic E-state index is 12.0. The molecule has 1 aliphatic heterocycles. The molecule has 0 aliphatic carbocycles. The molecule has 1 saturated heterocycles. The normalized spacial score (nSPS) is 22.4. The van der Waals surface area contributed by atoms with Crippen LogP contribution in [0.1, 0.15) is 23.5 Å². The molecule has 3 nitrogen and oxygen atoms in total. The monoisotopic (exact) mass is 266 g/mol. The molecule has 3 heteroatoms. The van der Waals surface area contributed by atoms with Crippen LogP contribution in [0.25, 0.3) is 0 Å². The molecule has 2 aromatic carbocycles. The Hall–Kier alpha value is -2.39. The first-order valence-electron chi connectivity index (χ1n) is 6.41. The summed E-state index contributed by atoms with van der Waals surface area (Å²) >= 11 is 0. The molecule has 1 heterocycles. The van der Waals surface area contributed by atoms with Crippen LogP contribution < -0.4 is 0 Å². The van der Waals surface area contributed by atoms with Crippen LogP contribution in [0, 0.1) is 0 Å². The van der Waals surface area contributed by atoms with Gasteiger partial charge in [0.1, 0.15) is 6.10 Å². The fraction of sp³-hybridized carbons (Fsp3) is 0.118. The van der Waals surface area contributed by atoms with Crippen molar-refractivity contribution in [2.75, 3.05) is 0 Å². The van der Waals surface area contributed by atoms with Crippen molar-refractivity contribution in [3.63, 3.8) is 0 Å². The van der Waals surface area contributed by atoms with Crippen molar-refractivity contribution in [3.05, 3.63) is 83.9 Å². The second kappa shape index (κ2) is 5.31. The Balaban J connectivity index is 1.91. The Labute approximate surface area is 117 Å². The molecule has 2 atom stereocenters. The van der Waals surface area contributed by atoms with E-state index in [-0.39, 0.29) is 0 Å². The average Bonchev–Trinajstić information content (AvgIpc) is 2.51. The summed E-state index contributed by atoms with van der Waals surface area (Å²) in [4.78, 5) is 12.0. The highest BCUT2D eigenvalue weighted by atomic mass is 16.7. The van der Waals surface area contributed by atoms with E-state index < -0.39 is 18.4 Å².